The Labute approximate surface area is 125 Å². The highest BCUT2D eigenvalue weighted by Gasteiger charge is 2.21. The van der Waals surface area contributed by atoms with Gasteiger partial charge in [-0.1, -0.05) is 23.2 Å². The van der Waals surface area contributed by atoms with Gasteiger partial charge in [0.05, 0.1) is 21.8 Å². The summed E-state index contributed by atoms with van der Waals surface area (Å²) in [4.78, 5) is 3.44. The monoisotopic (exact) mass is 306 g/mol. The van der Waals surface area contributed by atoms with Crippen molar-refractivity contribution < 1.29 is 0 Å². The smallest absolute Gasteiger partial charge is 0.0833 e. The fraction of sp³-hybridized carbons (Fsp3) is 0.214. The molecule has 102 valence electrons. The summed E-state index contributed by atoms with van der Waals surface area (Å²) in [5.74, 6) is 0. The third-order valence-electron chi connectivity index (χ3n) is 3.82. The number of hydrogen-bond donors (Lipinski definition) is 3. The number of aromatic nitrogens is 3. The van der Waals surface area contributed by atoms with Crippen molar-refractivity contribution in [3.05, 3.63) is 39.8 Å². The zero-order valence-corrected chi connectivity index (χ0v) is 12.1. The molecule has 4 nitrogen and oxygen atoms in total. The predicted molar refractivity (Wildman–Crippen MR) is 81.3 cm³/mol. The number of hydrogen-bond acceptors (Lipinski definition) is 2. The fourth-order valence-corrected chi connectivity index (χ4v) is 3.30. The maximum atomic E-state index is 6.37. The molecule has 0 saturated carbocycles. The van der Waals surface area contributed by atoms with Crippen LogP contribution in [-0.2, 0) is 13.0 Å². The molecule has 0 unspecified atom stereocenters. The molecule has 20 heavy (non-hydrogen) atoms. The standard InChI is InChI=1S/C14H12Cl2N4/c15-10-3-8(7-4-18-19-5-7)12-9-6-17-2-1-11(9)20-14(12)13(10)16/h3-5,17,20H,1-2,6H2,(H,18,19). The maximum absolute atomic E-state index is 6.37. The van der Waals surface area contributed by atoms with E-state index in [0.717, 1.165) is 41.5 Å². The van der Waals surface area contributed by atoms with Gasteiger partial charge in [0.15, 0.2) is 0 Å². The molecule has 0 amide bonds. The van der Waals surface area contributed by atoms with E-state index in [-0.39, 0.29) is 0 Å². The molecule has 4 rings (SSSR count). The highest BCUT2D eigenvalue weighted by molar-refractivity contribution is 6.45. The van der Waals surface area contributed by atoms with E-state index in [9.17, 15) is 0 Å². The minimum Gasteiger partial charge on any atom is -0.357 e. The van der Waals surface area contributed by atoms with Gasteiger partial charge in [0.1, 0.15) is 0 Å². The van der Waals surface area contributed by atoms with E-state index in [2.05, 4.69) is 20.5 Å². The normalized spacial score (nSPS) is 14.7. The van der Waals surface area contributed by atoms with Crippen LogP contribution in [0.5, 0.6) is 0 Å². The highest BCUT2D eigenvalue weighted by atomic mass is 35.5. The summed E-state index contributed by atoms with van der Waals surface area (Å²) >= 11 is 12.6. The van der Waals surface area contributed by atoms with Crippen molar-refractivity contribution in [1.82, 2.24) is 20.5 Å². The first-order valence-electron chi connectivity index (χ1n) is 6.47. The average Bonchev–Trinajstić information content (AvgIpc) is 3.10. The van der Waals surface area contributed by atoms with Gasteiger partial charge in [0.2, 0.25) is 0 Å². The number of nitrogens with one attached hydrogen (secondary N) is 3. The Morgan fingerprint density at radius 2 is 2.15 bits per heavy atom. The van der Waals surface area contributed by atoms with Crippen LogP contribution in [-0.4, -0.2) is 21.7 Å². The molecule has 2 aromatic heterocycles. The zero-order valence-electron chi connectivity index (χ0n) is 10.6. The van der Waals surface area contributed by atoms with Crippen LogP contribution in [0.15, 0.2) is 18.5 Å². The Bertz CT molecular complexity index is 789. The molecular weight excluding hydrogens is 295 g/mol. The topological polar surface area (TPSA) is 56.5 Å². The van der Waals surface area contributed by atoms with E-state index in [1.807, 2.05) is 12.3 Å². The largest absolute Gasteiger partial charge is 0.357 e. The molecule has 1 aromatic carbocycles. The molecule has 0 saturated heterocycles. The number of H-pyrrole nitrogens is 2. The van der Waals surface area contributed by atoms with Gasteiger partial charge in [-0.05, 0) is 17.2 Å². The predicted octanol–water partition coefficient (Wildman–Crippen LogP) is 3.51. The first kappa shape index (κ1) is 12.3. The Morgan fingerprint density at radius 3 is 2.95 bits per heavy atom. The SMILES string of the molecule is Clc1cc(-c2cn[nH]c2)c2c3c([nH]c2c1Cl)CCNC3. The molecule has 3 heterocycles. The number of nitrogens with zero attached hydrogens (tertiary/aromatic N) is 1. The van der Waals surface area contributed by atoms with E-state index < -0.39 is 0 Å². The van der Waals surface area contributed by atoms with Crippen molar-refractivity contribution in [3.8, 4) is 11.1 Å². The van der Waals surface area contributed by atoms with Gasteiger partial charge in [-0.2, -0.15) is 5.10 Å². The minimum atomic E-state index is 0.557. The van der Waals surface area contributed by atoms with Gasteiger partial charge in [-0.25, -0.2) is 0 Å². The van der Waals surface area contributed by atoms with Crippen LogP contribution in [0.3, 0.4) is 0 Å². The average molecular weight is 307 g/mol. The highest BCUT2D eigenvalue weighted by Crippen LogP contribution is 2.41. The van der Waals surface area contributed by atoms with Gasteiger partial charge >= 0.3 is 0 Å². The molecular formula is C14H12Cl2N4. The molecule has 0 spiro atoms. The van der Waals surface area contributed by atoms with Crippen molar-refractivity contribution in [3.63, 3.8) is 0 Å². The first-order chi connectivity index (χ1) is 9.75. The summed E-state index contributed by atoms with van der Waals surface area (Å²) in [5.41, 5.74) is 5.52. The molecule has 3 N–H and O–H groups in total. The van der Waals surface area contributed by atoms with Gasteiger partial charge in [-0.3, -0.25) is 5.10 Å². The molecule has 0 fully saturated rings. The van der Waals surface area contributed by atoms with Crippen molar-refractivity contribution in [2.45, 2.75) is 13.0 Å². The van der Waals surface area contributed by atoms with Crippen molar-refractivity contribution in [2.75, 3.05) is 6.54 Å². The second-order valence-electron chi connectivity index (χ2n) is 4.97. The lowest BCUT2D eigenvalue weighted by Gasteiger charge is -2.13. The lowest BCUT2D eigenvalue weighted by molar-refractivity contribution is 0.641. The van der Waals surface area contributed by atoms with Crippen molar-refractivity contribution in [2.24, 2.45) is 0 Å². The van der Waals surface area contributed by atoms with E-state index >= 15 is 0 Å². The molecule has 3 aromatic rings. The second kappa shape index (κ2) is 4.52. The Morgan fingerprint density at radius 1 is 1.25 bits per heavy atom. The Kier molecular flexibility index (Phi) is 2.77. The number of aromatic amines is 2. The van der Waals surface area contributed by atoms with Gasteiger partial charge < -0.3 is 10.3 Å². The first-order valence-corrected chi connectivity index (χ1v) is 7.22. The van der Waals surface area contributed by atoms with Crippen LogP contribution in [0.25, 0.3) is 22.0 Å². The van der Waals surface area contributed by atoms with Gasteiger partial charge in [0, 0.05) is 42.4 Å². The fourth-order valence-electron chi connectivity index (χ4n) is 2.90. The molecule has 0 aliphatic carbocycles. The molecule has 0 atom stereocenters. The molecule has 1 aliphatic rings. The van der Waals surface area contributed by atoms with E-state index in [0.29, 0.717) is 10.0 Å². The summed E-state index contributed by atoms with van der Waals surface area (Å²) in [5, 5.41) is 12.6. The van der Waals surface area contributed by atoms with Crippen LogP contribution in [0.4, 0.5) is 0 Å². The van der Waals surface area contributed by atoms with E-state index in [4.69, 9.17) is 23.2 Å². The minimum absolute atomic E-state index is 0.557. The number of rotatable bonds is 1. The third kappa shape index (κ3) is 1.69. The molecule has 0 radical (unpaired) electrons. The maximum Gasteiger partial charge on any atom is 0.0833 e. The summed E-state index contributed by atoms with van der Waals surface area (Å²) in [6.07, 6.45) is 4.64. The van der Waals surface area contributed by atoms with E-state index in [1.165, 1.54) is 11.3 Å². The molecule has 1 aliphatic heterocycles. The summed E-state index contributed by atoms with van der Waals surface area (Å²) in [6, 6.07) is 1.92. The number of benzene rings is 1. The lowest BCUT2D eigenvalue weighted by Crippen LogP contribution is -2.22. The van der Waals surface area contributed by atoms with Crippen LogP contribution < -0.4 is 5.32 Å². The van der Waals surface area contributed by atoms with Crippen molar-refractivity contribution >= 4 is 34.1 Å². The second-order valence-corrected chi connectivity index (χ2v) is 5.75. The van der Waals surface area contributed by atoms with Crippen LogP contribution >= 0.6 is 23.2 Å². The van der Waals surface area contributed by atoms with Crippen LogP contribution in [0.2, 0.25) is 10.0 Å². The van der Waals surface area contributed by atoms with Gasteiger partial charge in [0.25, 0.3) is 0 Å². The Hall–Kier alpha value is -1.49. The van der Waals surface area contributed by atoms with Crippen LogP contribution in [0, 0.1) is 0 Å². The summed E-state index contributed by atoms with van der Waals surface area (Å²) in [6.45, 7) is 1.82. The zero-order chi connectivity index (χ0) is 13.7. The van der Waals surface area contributed by atoms with E-state index in [1.54, 1.807) is 6.20 Å². The number of fused-ring (bicyclic) bond motifs is 3. The number of halogens is 2. The molecule has 6 heteroatoms. The Balaban J connectivity index is 2.12. The van der Waals surface area contributed by atoms with Crippen LogP contribution in [0.1, 0.15) is 11.3 Å². The summed E-state index contributed by atoms with van der Waals surface area (Å²) in [7, 11) is 0. The lowest BCUT2D eigenvalue weighted by atomic mass is 9.98. The van der Waals surface area contributed by atoms with Gasteiger partial charge in [-0.15, -0.1) is 0 Å². The quantitative estimate of drug-likeness (QED) is 0.644. The van der Waals surface area contributed by atoms with Crippen molar-refractivity contribution in [1.29, 1.82) is 0 Å². The summed E-state index contributed by atoms with van der Waals surface area (Å²) < 4.78 is 0. The third-order valence-corrected chi connectivity index (χ3v) is 4.61. The molecule has 0 bridgehead atoms.